The van der Waals surface area contributed by atoms with E-state index in [0.717, 1.165) is 19.4 Å². The number of hydrogen-bond donors (Lipinski definition) is 2. The number of aromatic nitrogens is 2. The van der Waals surface area contributed by atoms with Gasteiger partial charge in [-0.05, 0) is 19.8 Å². The van der Waals surface area contributed by atoms with Gasteiger partial charge in [-0.25, -0.2) is 4.98 Å². The van der Waals surface area contributed by atoms with Gasteiger partial charge in [-0.1, -0.05) is 0 Å². The summed E-state index contributed by atoms with van der Waals surface area (Å²) in [4.78, 5) is 15.3. The first-order valence-corrected chi connectivity index (χ1v) is 5.66. The van der Waals surface area contributed by atoms with Crippen molar-refractivity contribution in [1.82, 2.24) is 14.9 Å². The fourth-order valence-electron chi connectivity index (χ4n) is 1.36. The fourth-order valence-corrected chi connectivity index (χ4v) is 1.36. The number of carbonyl (C=O) groups is 1. The van der Waals surface area contributed by atoms with Gasteiger partial charge < -0.3 is 15.6 Å². The van der Waals surface area contributed by atoms with Crippen LogP contribution in [-0.4, -0.2) is 28.0 Å². The number of hydrogen-bond acceptors (Lipinski definition) is 3. The summed E-state index contributed by atoms with van der Waals surface area (Å²) in [6.45, 7) is 3.50. The van der Waals surface area contributed by atoms with Crippen LogP contribution < -0.4 is 11.1 Å². The molecule has 16 heavy (non-hydrogen) atoms. The molecule has 1 amide bonds. The Morgan fingerprint density at radius 1 is 1.62 bits per heavy atom. The molecule has 0 spiro atoms. The third-order valence-electron chi connectivity index (χ3n) is 2.30. The monoisotopic (exact) mass is 224 g/mol. The second-order valence-electron chi connectivity index (χ2n) is 4.02. The van der Waals surface area contributed by atoms with Crippen LogP contribution in [0.3, 0.4) is 0 Å². The maximum atomic E-state index is 11.3. The fraction of sp³-hybridized carbons (Fsp3) is 0.636. The smallest absolute Gasteiger partial charge is 0.220 e. The average molecular weight is 224 g/mol. The first-order chi connectivity index (χ1) is 7.68. The lowest BCUT2D eigenvalue weighted by molar-refractivity contribution is -0.121. The maximum absolute atomic E-state index is 11.3. The molecular weight excluding hydrogens is 204 g/mol. The van der Waals surface area contributed by atoms with E-state index >= 15 is 0 Å². The van der Waals surface area contributed by atoms with E-state index in [2.05, 4.69) is 10.3 Å². The van der Waals surface area contributed by atoms with Crippen LogP contribution in [-0.2, 0) is 11.3 Å². The van der Waals surface area contributed by atoms with Crippen molar-refractivity contribution >= 4 is 5.91 Å². The molecule has 3 N–H and O–H groups in total. The summed E-state index contributed by atoms with van der Waals surface area (Å²) in [5.41, 5.74) is 5.57. The normalized spacial score (nSPS) is 12.4. The molecule has 0 aliphatic carbocycles. The van der Waals surface area contributed by atoms with E-state index in [1.54, 1.807) is 12.5 Å². The maximum Gasteiger partial charge on any atom is 0.220 e. The van der Waals surface area contributed by atoms with Crippen LogP contribution >= 0.6 is 0 Å². The Hall–Kier alpha value is -1.36. The molecule has 0 saturated heterocycles. The van der Waals surface area contributed by atoms with E-state index in [1.807, 2.05) is 17.7 Å². The van der Waals surface area contributed by atoms with Crippen molar-refractivity contribution in [2.45, 2.75) is 38.8 Å². The Morgan fingerprint density at radius 2 is 2.44 bits per heavy atom. The zero-order valence-corrected chi connectivity index (χ0v) is 9.72. The summed E-state index contributed by atoms with van der Waals surface area (Å²) in [5, 5.41) is 2.87. The molecule has 0 fully saturated rings. The number of rotatable bonds is 7. The summed E-state index contributed by atoms with van der Waals surface area (Å²) >= 11 is 0. The lowest BCUT2D eigenvalue weighted by Crippen LogP contribution is -2.27. The molecule has 1 rings (SSSR count). The molecule has 1 aromatic rings. The van der Waals surface area contributed by atoms with Gasteiger partial charge in [0.15, 0.2) is 0 Å². The molecule has 1 heterocycles. The highest BCUT2D eigenvalue weighted by atomic mass is 16.1. The van der Waals surface area contributed by atoms with Gasteiger partial charge in [0.05, 0.1) is 6.33 Å². The predicted molar refractivity (Wildman–Crippen MR) is 62.7 cm³/mol. The molecule has 1 unspecified atom stereocenters. The van der Waals surface area contributed by atoms with Crippen LogP contribution in [0.2, 0.25) is 0 Å². The zero-order chi connectivity index (χ0) is 11.8. The first-order valence-electron chi connectivity index (χ1n) is 5.66. The minimum atomic E-state index is 0.0860. The summed E-state index contributed by atoms with van der Waals surface area (Å²) < 4.78 is 1.99. The van der Waals surface area contributed by atoms with E-state index in [1.165, 1.54) is 0 Å². The topological polar surface area (TPSA) is 72.9 Å². The van der Waals surface area contributed by atoms with Crippen molar-refractivity contribution in [1.29, 1.82) is 0 Å². The van der Waals surface area contributed by atoms with Crippen LogP contribution in [0, 0.1) is 0 Å². The SMILES string of the molecule is CC(N)CCC(=O)NCCCn1ccnc1. The van der Waals surface area contributed by atoms with Gasteiger partial charge in [0.2, 0.25) is 5.91 Å². The molecular formula is C11H20N4O. The molecule has 0 aliphatic rings. The van der Waals surface area contributed by atoms with E-state index < -0.39 is 0 Å². The third-order valence-corrected chi connectivity index (χ3v) is 2.30. The number of carbonyl (C=O) groups excluding carboxylic acids is 1. The number of nitrogens with zero attached hydrogens (tertiary/aromatic N) is 2. The predicted octanol–water partition coefficient (Wildman–Crippen LogP) is 0.517. The van der Waals surface area contributed by atoms with Crippen LogP contribution in [0.25, 0.3) is 0 Å². The Bertz CT molecular complexity index is 295. The van der Waals surface area contributed by atoms with Crippen molar-refractivity contribution in [2.75, 3.05) is 6.54 Å². The summed E-state index contributed by atoms with van der Waals surface area (Å²) in [5.74, 6) is 0.0860. The lowest BCUT2D eigenvalue weighted by Gasteiger charge is -2.07. The van der Waals surface area contributed by atoms with Crippen molar-refractivity contribution in [3.63, 3.8) is 0 Å². The van der Waals surface area contributed by atoms with Crippen molar-refractivity contribution in [2.24, 2.45) is 5.73 Å². The second-order valence-corrected chi connectivity index (χ2v) is 4.02. The minimum Gasteiger partial charge on any atom is -0.356 e. The molecule has 0 bridgehead atoms. The van der Waals surface area contributed by atoms with E-state index in [-0.39, 0.29) is 11.9 Å². The molecule has 1 aromatic heterocycles. The Balaban J connectivity index is 2.00. The molecule has 0 aromatic carbocycles. The standard InChI is InChI=1S/C11H20N4O/c1-10(12)3-4-11(16)14-5-2-7-15-8-6-13-9-15/h6,8-10H,2-5,7,12H2,1H3,(H,14,16). The van der Waals surface area contributed by atoms with Gasteiger partial charge in [0.25, 0.3) is 0 Å². The highest BCUT2D eigenvalue weighted by Gasteiger charge is 2.02. The largest absolute Gasteiger partial charge is 0.356 e. The van der Waals surface area contributed by atoms with Crippen LogP contribution in [0.15, 0.2) is 18.7 Å². The first kappa shape index (κ1) is 12.7. The van der Waals surface area contributed by atoms with Gasteiger partial charge in [-0.3, -0.25) is 4.79 Å². The number of imidazole rings is 1. The number of nitrogens with one attached hydrogen (secondary N) is 1. The molecule has 5 heteroatoms. The Morgan fingerprint density at radius 3 is 3.06 bits per heavy atom. The van der Waals surface area contributed by atoms with Gasteiger partial charge in [-0.15, -0.1) is 0 Å². The van der Waals surface area contributed by atoms with E-state index in [0.29, 0.717) is 13.0 Å². The number of nitrogens with two attached hydrogens (primary N) is 1. The summed E-state index contributed by atoms with van der Waals surface area (Å²) in [6, 6.07) is 0.0942. The van der Waals surface area contributed by atoms with Gasteiger partial charge in [-0.2, -0.15) is 0 Å². The highest BCUT2D eigenvalue weighted by Crippen LogP contribution is 1.93. The molecule has 5 nitrogen and oxygen atoms in total. The van der Waals surface area contributed by atoms with Crippen molar-refractivity contribution in [3.05, 3.63) is 18.7 Å². The van der Waals surface area contributed by atoms with Crippen molar-refractivity contribution in [3.8, 4) is 0 Å². The molecule has 0 saturated carbocycles. The molecule has 0 radical (unpaired) electrons. The van der Waals surface area contributed by atoms with Gasteiger partial charge in [0.1, 0.15) is 0 Å². The number of aryl methyl sites for hydroxylation is 1. The summed E-state index contributed by atoms with van der Waals surface area (Å²) in [7, 11) is 0. The van der Waals surface area contributed by atoms with Crippen LogP contribution in [0.1, 0.15) is 26.2 Å². The molecule has 1 atom stereocenters. The van der Waals surface area contributed by atoms with Gasteiger partial charge in [0, 0.05) is 37.9 Å². The molecule has 90 valence electrons. The highest BCUT2D eigenvalue weighted by molar-refractivity contribution is 5.75. The van der Waals surface area contributed by atoms with E-state index in [9.17, 15) is 4.79 Å². The Labute approximate surface area is 96.0 Å². The van der Waals surface area contributed by atoms with Crippen LogP contribution in [0.4, 0.5) is 0 Å². The third kappa shape index (κ3) is 5.50. The number of amides is 1. The Kier molecular flexibility index (Phi) is 5.56. The zero-order valence-electron chi connectivity index (χ0n) is 9.72. The minimum absolute atomic E-state index is 0.0860. The quantitative estimate of drug-likeness (QED) is 0.663. The second kappa shape index (κ2) is 7.00. The molecule has 0 aliphatic heterocycles. The lowest BCUT2D eigenvalue weighted by atomic mass is 10.2. The van der Waals surface area contributed by atoms with E-state index in [4.69, 9.17) is 5.73 Å². The van der Waals surface area contributed by atoms with Gasteiger partial charge >= 0.3 is 0 Å². The summed E-state index contributed by atoms with van der Waals surface area (Å²) in [6.07, 6.45) is 7.62. The van der Waals surface area contributed by atoms with Crippen LogP contribution in [0.5, 0.6) is 0 Å². The van der Waals surface area contributed by atoms with Crippen molar-refractivity contribution < 1.29 is 4.79 Å². The average Bonchev–Trinajstić information content (AvgIpc) is 2.74.